The van der Waals surface area contributed by atoms with Gasteiger partial charge in [0.1, 0.15) is 12.4 Å². The van der Waals surface area contributed by atoms with E-state index in [1.165, 1.54) is 12.7 Å². The fraction of sp³-hybridized carbons (Fsp3) is 0.276. The lowest BCUT2D eigenvalue weighted by molar-refractivity contribution is -0.119. The molecule has 37 heavy (non-hydrogen) atoms. The van der Waals surface area contributed by atoms with Gasteiger partial charge < -0.3 is 24.3 Å². The zero-order chi connectivity index (χ0) is 25.9. The third-order valence-corrected chi connectivity index (χ3v) is 6.77. The number of hydrogen-bond acceptors (Lipinski definition) is 5. The van der Waals surface area contributed by atoms with Gasteiger partial charge >= 0.3 is 0 Å². The maximum atomic E-state index is 13.6. The Kier molecular flexibility index (Phi) is 6.81. The molecule has 1 N–H and O–H groups in total. The fourth-order valence-electron chi connectivity index (χ4n) is 4.93. The van der Waals surface area contributed by atoms with Crippen LogP contribution in [0.4, 0.5) is 5.69 Å². The number of ether oxygens (including phenoxy) is 2. The number of nitrogens with zero attached hydrogens (tertiary/aromatic N) is 3. The number of hydrogen-bond donors (Lipinski definition) is 1. The van der Waals surface area contributed by atoms with Gasteiger partial charge in [-0.2, -0.15) is 0 Å². The van der Waals surface area contributed by atoms with Crippen molar-refractivity contribution in [2.24, 2.45) is 0 Å². The second kappa shape index (κ2) is 10.3. The van der Waals surface area contributed by atoms with E-state index in [1.54, 1.807) is 25.3 Å². The van der Waals surface area contributed by atoms with Gasteiger partial charge in [0.15, 0.2) is 11.5 Å². The second-order valence-electron chi connectivity index (χ2n) is 9.09. The lowest BCUT2D eigenvalue weighted by atomic mass is 10.0. The first-order chi connectivity index (χ1) is 18.0. The number of fused-ring (bicyclic) bond motifs is 2. The Hall–Kier alpha value is -4.33. The molecule has 8 nitrogen and oxygen atoms in total. The van der Waals surface area contributed by atoms with E-state index in [-0.39, 0.29) is 18.4 Å². The predicted octanol–water partition coefficient (Wildman–Crippen LogP) is 4.52. The van der Waals surface area contributed by atoms with E-state index in [1.807, 2.05) is 58.9 Å². The number of carbonyl (C=O) groups is 2. The molecule has 1 aliphatic heterocycles. The molecule has 1 aliphatic rings. The number of amides is 2. The molecule has 0 spiro atoms. The monoisotopic (exact) mass is 498 g/mol. The first kappa shape index (κ1) is 24.4. The van der Waals surface area contributed by atoms with Crippen molar-refractivity contribution < 1.29 is 19.1 Å². The summed E-state index contributed by atoms with van der Waals surface area (Å²) in [7, 11) is 3.08. The minimum atomic E-state index is -0.450. The molecule has 0 fully saturated rings. The van der Waals surface area contributed by atoms with Gasteiger partial charge in [0, 0.05) is 17.8 Å². The second-order valence-corrected chi connectivity index (χ2v) is 9.09. The van der Waals surface area contributed by atoms with Gasteiger partial charge in [0.25, 0.3) is 5.91 Å². The minimum Gasteiger partial charge on any atom is -0.493 e. The molecular weight excluding hydrogens is 468 g/mol. The van der Waals surface area contributed by atoms with Crippen molar-refractivity contribution in [3.8, 4) is 11.5 Å². The number of aryl methyl sites for hydroxylation is 1. The van der Waals surface area contributed by atoms with Crippen molar-refractivity contribution in [1.82, 2.24) is 14.9 Å². The molecule has 2 heterocycles. The smallest absolute Gasteiger partial charge is 0.251 e. The highest BCUT2D eigenvalue weighted by Gasteiger charge is 2.26. The summed E-state index contributed by atoms with van der Waals surface area (Å²) in [4.78, 5) is 33.4. The topological polar surface area (TPSA) is 85.7 Å². The summed E-state index contributed by atoms with van der Waals surface area (Å²) in [5.41, 5.74) is 4.22. The number of methoxy groups -OCH3 is 2. The van der Waals surface area contributed by atoms with E-state index < -0.39 is 6.04 Å². The Bertz CT molecular complexity index is 1460. The van der Waals surface area contributed by atoms with Crippen LogP contribution < -0.4 is 19.7 Å². The zero-order valence-electron chi connectivity index (χ0n) is 21.2. The third kappa shape index (κ3) is 4.74. The van der Waals surface area contributed by atoms with Crippen LogP contribution in [-0.4, -0.2) is 42.1 Å². The zero-order valence-corrected chi connectivity index (χ0v) is 21.2. The van der Waals surface area contributed by atoms with Crippen LogP contribution in [0.15, 0.2) is 66.7 Å². The summed E-state index contributed by atoms with van der Waals surface area (Å²) in [6.07, 6.45) is 1.90. The number of rotatable bonds is 7. The largest absolute Gasteiger partial charge is 0.493 e. The van der Waals surface area contributed by atoms with Gasteiger partial charge in [0.05, 0.1) is 31.3 Å². The molecule has 0 aliphatic carbocycles. The van der Waals surface area contributed by atoms with Crippen LogP contribution in [0.3, 0.4) is 0 Å². The lowest BCUT2D eigenvalue weighted by Gasteiger charge is -2.30. The normalized spacial score (nSPS) is 13.6. The van der Waals surface area contributed by atoms with E-state index in [4.69, 9.17) is 14.5 Å². The predicted molar refractivity (Wildman–Crippen MR) is 142 cm³/mol. The molecule has 0 radical (unpaired) electrons. The quantitative estimate of drug-likeness (QED) is 0.405. The van der Waals surface area contributed by atoms with E-state index in [2.05, 4.69) is 11.4 Å². The molecule has 5 rings (SSSR count). The van der Waals surface area contributed by atoms with Gasteiger partial charge in [-0.25, -0.2) is 4.98 Å². The van der Waals surface area contributed by atoms with Crippen LogP contribution in [0, 0.1) is 0 Å². The van der Waals surface area contributed by atoms with Gasteiger partial charge in [-0.15, -0.1) is 0 Å². The molecule has 4 aromatic rings. The molecule has 8 heteroatoms. The highest BCUT2D eigenvalue weighted by atomic mass is 16.5. The summed E-state index contributed by atoms with van der Waals surface area (Å²) in [5, 5.41) is 3.03. The van der Waals surface area contributed by atoms with Crippen molar-refractivity contribution in [3.05, 3.63) is 83.7 Å². The maximum Gasteiger partial charge on any atom is 0.251 e. The minimum absolute atomic E-state index is 0.00466. The first-order valence-corrected chi connectivity index (χ1v) is 12.4. The number of para-hydroxylation sites is 3. The molecule has 1 aromatic heterocycles. The number of aromatic nitrogens is 2. The lowest BCUT2D eigenvalue weighted by Crippen LogP contribution is -2.38. The third-order valence-electron chi connectivity index (χ3n) is 6.77. The van der Waals surface area contributed by atoms with Crippen LogP contribution in [0.2, 0.25) is 0 Å². The van der Waals surface area contributed by atoms with Crippen LogP contribution in [0.1, 0.15) is 41.1 Å². The van der Waals surface area contributed by atoms with Gasteiger partial charge in [-0.3, -0.25) is 9.59 Å². The van der Waals surface area contributed by atoms with Crippen molar-refractivity contribution in [1.29, 1.82) is 0 Å². The van der Waals surface area contributed by atoms with Crippen LogP contribution in [0.25, 0.3) is 11.0 Å². The van der Waals surface area contributed by atoms with E-state index in [0.29, 0.717) is 29.4 Å². The summed E-state index contributed by atoms with van der Waals surface area (Å²) in [6, 6.07) is 20.3. The number of carbonyl (C=O) groups excluding carboxylic acids is 2. The van der Waals surface area contributed by atoms with Crippen LogP contribution >= 0.6 is 0 Å². The Morgan fingerprint density at radius 3 is 2.57 bits per heavy atom. The molecule has 0 saturated heterocycles. The Balaban J connectivity index is 1.43. The molecular formula is C29H30N4O4. The Morgan fingerprint density at radius 1 is 1.00 bits per heavy atom. The fourth-order valence-corrected chi connectivity index (χ4v) is 4.93. The van der Waals surface area contributed by atoms with Gasteiger partial charge in [-0.1, -0.05) is 30.3 Å². The molecule has 3 aromatic carbocycles. The highest BCUT2D eigenvalue weighted by molar-refractivity contribution is 5.96. The molecule has 0 saturated carbocycles. The van der Waals surface area contributed by atoms with E-state index >= 15 is 0 Å². The number of benzene rings is 3. The summed E-state index contributed by atoms with van der Waals surface area (Å²) >= 11 is 0. The average molecular weight is 499 g/mol. The number of imidazole rings is 1. The van der Waals surface area contributed by atoms with Crippen molar-refractivity contribution in [3.63, 3.8) is 0 Å². The molecule has 190 valence electrons. The summed E-state index contributed by atoms with van der Waals surface area (Å²) in [6.45, 7) is 2.68. The molecule has 0 bridgehead atoms. The van der Waals surface area contributed by atoms with Crippen molar-refractivity contribution in [2.75, 3.05) is 25.7 Å². The van der Waals surface area contributed by atoms with Crippen LogP contribution in [0.5, 0.6) is 11.5 Å². The maximum absolute atomic E-state index is 13.6. The van der Waals surface area contributed by atoms with Crippen LogP contribution in [-0.2, 0) is 17.8 Å². The Morgan fingerprint density at radius 2 is 1.76 bits per heavy atom. The summed E-state index contributed by atoms with van der Waals surface area (Å²) in [5.74, 6) is 1.36. The average Bonchev–Trinajstić information content (AvgIpc) is 3.30. The summed E-state index contributed by atoms with van der Waals surface area (Å²) < 4.78 is 12.5. The molecule has 1 atom stereocenters. The van der Waals surface area contributed by atoms with E-state index in [0.717, 1.165) is 29.6 Å². The molecule has 1 unspecified atom stereocenters. The Labute approximate surface area is 215 Å². The highest BCUT2D eigenvalue weighted by Crippen LogP contribution is 2.29. The van der Waals surface area contributed by atoms with E-state index in [9.17, 15) is 9.59 Å². The van der Waals surface area contributed by atoms with Crippen molar-refractivity contribution in [2.45, 2.75) is 32.4 Å². The van der Waals surface area contributed by atoms with Gasteiger partial charge in [-0.05, 0) is 61.7 Å². The van der Waals surface area contributed by atoms with Crippen molar-refractivity contribution >= 4 is 28.5 Å². The van der Waals surface area contributed by atoms with Gasteiger partial charge in [0.2, 0.25) is 5.91 Å². The molecule has 2 amide bonds. The SMILES string of the molecule is COc1ccc(C(=O)NC(C)c2nc3ccccc3n2CC(=O)N2CCCc3ccccc32)cc1OC. The first-order valence-electron chi connectivity index (χ1n) is 12.4. The number of anilines is 1. The standard InChI is InChI=1S/C29H30N4O4/c1-19(30-29(35)21-14-15-25(36-2)26(17-21)37-3)28-31-22-11-5-7-13-24(22)33(28)18-27(34)32-16-8-10-20-9-4-6-12-23(20)32/h4-7,9,11-15,17,19H,8,10,16,18H2,1-3H3,(H,30,35). The number of nitrogens with one attached hydrogen (secondary N) is 1.